The minimum absolute atomic E-state index is 0.438. The lowest BCUT2D eigenvalue weighted by atomic mass is 10.4. The Bertz CT molecular complexity index is 268. The summed E-state index contributed by atoms with van der Waals surface area (Å²) in [6.07, 6.45) is 1.35. The van der Waals surface area contributed by atoms with Crippen molar-refractivity contribution in [3.8, 4) is 5.75 Å². The molecule has 1 rings (SSSR count). The van der Waals surface area contributed by atoms with E-state index in [2.05, 4.69) is 11.6 Å². The van der Waals surface area contributed by atoms with Crippen molar-refractivity contribution in [3.05, 3.63) is 36.4 Å². The maximum atomic E-state index is 12.3. The molecule has 0 saturated carbocycles. The van der Waals surface area contributed by atoms with Gasteiger partial charge in [-0.3, -0.25) is 0 Å². The Hall–Kier alpha value is -1.38. The molecule has 0 atom stereocenters. The molecule has 0 radical (unpaired) electrons. The summed E-state index contributed by atoms with van der Waals surface area (Å²) >= 11 is 0. The van der Waals surface area contributed by atoms with Crippen molar-refractivity contribution in [1.29, 1.82) is 0 Å². The second-order valence-electron chi connectivity index (χ2n) is 2.56. The van der Waals surface area contributed by atoms with E-state index >= 15 is 0 Å². The van der Waals surface area contributed by atoms with Gasteiger partial charge in [0.05, 0.1) is 6.20 Å². The van der Waals surface area contributed by atoms with Crippen LogP contribution in [0.2, 0.25) is 0 Å². The zero-order valence-electron chi connectivity index (χ0n) is 6.88. The third-order valence-corrected chi connectivity index (χ3v) is 1.19. The summed E-state index contributed by atoms with van der Waals surface area (Å²) in [5, 5.41) is 0. The zero-order valence-corrected chi connectivity index (χ0v) is 6.88. The molecule has 0 aliphatic rings. The fraction of sp³-hybridized carbons (Fsp3) is 0.222. The van der Waals surface area contributed by atoms with Gasteiger partial charge in [0, 0.05) is 0 Å². The van der Waals surface area contributed by atoms with Gasteiger partial charge in [-0.2, -0.15) is 4.39 Å². The summed E-state index contributed by atoms with van der Waals surface area (Å²) < 4.78 is 17.5. The molecular weight excluding hydrogens is 157 g/mol. The average Bonchev–Trinajstić information content (AvgIpc) is 2.03. The highest BCUT2D eigenvalue weighted by Crippen LogP contribution is 2.08. The molecule has 0 aromatic carbocycles. The highest BCUT2D eigenvalue weighted by Gasteiger charge is 1.94. The van der Waals surface area contributed by atoms with Gasteiger partial charge in [-0.05, 0) is 24.6 Å². The van der Waals surface area contributed by atoms with Crippen molar-refractivity contribution in [2.45, 2.75) is 6.92 Å². The Morgan fingerprint density at radius 2 is 2.42 bits per heavy atom. The fourth-order valence-corrected chi connectivity index (χ4v) is 0.654. The Kier molecular flexibility index (Phi) is 2.80. The SMILES string of the molecule is C=C(C)COc1ccc(F)nc1. The molecule has 0 spiro atoms. The molecule has 12 heavy (non-hydrogen) atoms. The zero-order chi connectivity index (χ0) is 8.97. The van der Waals surface area contributed by atoms with Crippen LogP contribution < -0.4 is 4.74 Å². The highest BCUT2D eigenvalue weighted by molar-refractivity contribution is 5.16. The maximum Gasteiger partial charge on any atom is 0.213 e. The Labute approximate surface area is 70.7 Å². The Morgan fingerprint density at radius 1 is 1.67 bits per heavy atom. The van der Waals surface area contributed by atoms with Crippen molar-refractivity contribution in [2.75, 3.05) is 6.61 Å². The molecule has 0 aliphatic heterocycles. The number of ether oxygens (including phenoxy) is 1. The first kappa shape index (κ1) is 8.71. The average molecular weight is 167 g/mol. The molecule has 0 unspecified atom stereocenters. The molecule has 0 saturated heterocycles. The summed E-state index contributed by atoms with van der Waals surface area (Å²) in [6, 6.07) is 2.79. The minimum atomic E-state index is -0.502. The van der Waals surface area contributed by atoms with E-state index in [4.69, 9.17) is 4.74 Å². The molecule has 64 valence electrons. The van der Waals surface area contributed by atoms with Crippen molar-refractivity contribution in [3.63, 3.8) is 0 Å². The van der Waals surface area contributed by atoms with E-state index in [9.17, 15) is 4.39 Å². The molecule has 1 aromatic rings. The van der Waals surface area contributed by atoms with Gasteiger partial charge in [-0.25, -0.2) is 4.98 Å². The van der Waals surface area contributed by atoms with E-state index < -0.39 is 5.95 Å². The smallest absolute Gasteiger partial charge is 0.213 e. The topological polar surface area (TPSA) is 22.1 Å². The molecule has 0 bridgehead atoms. The van der Waals surface area contributed by atoms with Crippen LogP contribution in [0, 0.1) is 5.95 Å². The van der Waals surface area contributed by atoms with Crippen molar-refractivity contribution in [1.82, 2.24) is 4.98 Å². The summed E-state index contributed by atoms with van der Waals surface area (Å²) in [4.78, 5) is 3.44. The third kappa shape index (κ3) is 2.70. The molecule has 3 heteroatoms. The number of halogens is 1. The van der Waals surface area contributed by atoms with Gasteiger partial charge in [0.25, 0.3) is 0 Å². The first-order valence-electron chi connectivity index (χ1n) is 3.57. The number of hydrogen-bond donors (Lipinski definition) is 0. The summed E-state index contributed by atoms with van der Waals surface area (Å²) in [7, 11) is 0. The number of rotatable bonds is 3. The molecule has 1 heterocycles. The van der Waals surface area contributed by atoms with Crippen LogP contribution in [0.1, 0.15) is 6.92 Å². The van der Waals surface area contributed by atoms with E-state index in [1.54, 1.807) is 0 Å². The van der Waals surface area contributed by atoms with Gasteiger partial charge in [0.15, 0.2) is 0 Å². The van der Waals surface area contributed by atoms with Crippen LogP contribution in [0.15, 0.2) is 30.5 Å². The second kappa shape index (κ2) is 3.85. The Morgan fingerprint density at radius 3 is 2.92 bits per heavy atom. The van der Waals surface area contributed by atoms with Gasteiger partial charge in [0.1, 0.15) is 12.4 Å². The first-order valence-corrected chi connectivity index (χ1v) is 3.57. The quantitative estimate of drug-likeness (QED) is 0.508. The van der Waals surface area contributed by atoms with Crippen LogP contribution >= 0.6 is 0 Å². The van der Waals surface area contributed by atoms with E-state index in [0.29, 0.717) is 12.4 Å². The fourth-order valence-electron chi connectivity index (χ4n) is 0.654. The largest absolute Gasteiger partial charge is 0.488 e. The van der Waals surface area contributed by atoms with Gasteiger partial charge in [0.2, 0.25) is 5.95 Å². The number of pyridine rings is 1. The summed E-state index contributed by atoms with van der Waals surface area (Å²) in [5.74, 6) is 0.0528. The summed E-state index contributed by atoms with van der Waals surface area (Å²) in [6.45, 7) is 5.96. The van der Waals surface area contributed by atoms with Gasteiger partial charge < -0.3 is 4.74 Å². The minimum Gasteiger partial charge on any atom is -0.488 e. The van der Waals surface area contributed by atoms with E-state index in [1.165, 1.54) is 18.3 Å². The molecule has 0 fully saturated rings. The monoisotopic (exact) mass is 167 g/mol. The van der Waals surface area contributed by atoms with Crippen molar-refractivity contribution in [2.24, 2.45) is 0 Å². The van der Waals surface area contributed by atoms with Crippen molar-refractivity contribution >= 4 is 0 Å². The van der Waals surface area contributed by atoms with Crippen molar-refractivity contribution < 1.29 is 9.13 Å². The lowest BCUT2D eigenvalue weighted by Gasteiger charge is -2.03. The molecule has 0 amide bonds. The van der Waals surface area contributed by atoms with Gasteiger partial charge >= 0.3 is 0 Å². The number of aromatic nitrogens is 1. The standard InChI is InChI=1S/C9H10FNO/c1-7(2)6-12-8-3-4-9(10)11-5-8/h3-5H,1,6H2,2H3. The van der Waals surface area contributed by atoms with Crippen LogP contribution in [0.25, 0.3) is 0 Å². The predicted molar refractivity (Wildman–Crippen MR) is 44.5 cm³/mol. The van der Waals surface area contributed by atoms with Gasteiger partial charge in [-0.15, -0.1) is 0 Å². The van der Waals surface area contributed by atoms with Crippen LogP contribution in [-0.4, -0.2) is 11.6 Å². The van der Waals surface area contributed by atoms with Crippen LogP contribution in [0.5, 0.6) is 5.75 Å². The second-order valence-corrected chi connectivity index (χ2v) is 2.56. The lowest BCUT2D eigenvalue weighted by Crippen LogP contribution is -1.97. The van der Waals surface area contributed by atoms with Crippen LogP contribution in [0.3, 0.4) is 0 Å². The van der Waals surface area contributed by atoms with E-state index in [1.807, 2.05) is 6.92 Å². The predicted octanol–water partition coefficient (Wildman–Crippen LogP) is 2.18. The highest BCUT2D eigenvalue weighted by atomic mass is 19.1. The number of hydrogen-bond acceptors (Lipinski definition) is 2. The van der Waals surface area contributed by atoms with E-state index in [0.717, 1.165) is 5.57 Å². The molecule has 2 nitrogen and oxygen atoms in total. The maximum absolute atomic E-state index is 12.3. The lowest BCUT2D eigenvalue weighted by molar-refractivity contribution is 0.349. The molecule has 0 aliphatic carbocycles. The number of nitrogens with zero attached hydrogens (tertiary/aromatic N) is 1. The molecule has 1 aromatic heterocycles. The normalized spacial score (nSPS) is 9.50. The molecule has 0 N–H and O–H groups in total. The first-order chi connectivity index (χ1) is 5.68. The molecular formula is C9H10FNO. The van der Waals surface area contributed by atoms with Gasteiger partial charge in [-0.1, -0.05) is 6.58 Å². The third-order valence-electron chi connectivity index (χ3n) is 1.19. The Balaban J connectivity index is 2.53. The van der Waals surface area contributed by atoms with E-state index in [-0.39, 0.29) is 0 Å². The van der Waals surface area contributed by atoms with Crippen LogP contribution in [0.4, 0.5) is 4.39 Å². The summed E-state index contributed by atoms with van der Waals surface area (Å²) in [5.41, 5.74) is 0.916. The van der Waals surface area contributed by atoms with Crippen LogP contribution in [-0.2, 0) is 0 Å².